The smallest absolute Gasteiger partial charge is 0.258 e. The molecule has 0 aromatic heterocycles. The Hall–Kier alpha value is -1.84. The molecule has 0 radical (unpaired) electrons. The summed E-state index contributed by atoms with van der Waals surface area (Å²) in [5.41, 5.74) is 2.44. The van der Waals surface area contributed by atoms with Crippen LogP contribution in [0.5, 0.6) is 0 Å². The Bertz CT molecular complexity index is 599. The van der Waals surface area contributed by atoms with Crippen molar-refractivity contribution < 1.29 is 9.53 Å². The standard InChI is InChI=1S/C16H16ClNO2/c1-11-8-9-13(10-14(11)17)18-16(19)15(20-2)12-6-4-3-5-7-12/h3-10,15H,1-2H3,(H,18,19)/t15-/m0/s1. The molecule has 0 bridgehead atoms. The molecule has 0 aliphatic heterocycles. The highest BCUT2D eigenvalue weighted by atomic mass is 35.5. The number of carbonyl (C=O) groups excluding carboxylic acids is 1. The molecule has 0 aliphatic carbocycles. The van der Waals surface area contributed by atoms with Crippen molar-refractivity contribution in [3.63, 3.8) is 0 Å². The lowest BCUT2D eigenvalue weighted by atomic mass is 10.1. The number of amides is 1. The van der Waals surface area contributed by atoms with Gasteiger partial charge in [-0.25, -0.2) is 0 Å². The van der Waals surface area contributed by atoms with Gasteiger partial charge in [-0.15, -0.1) is 0 Å². The van der Waals surface area contributed by atoms with Crippen molar-refractivity contribution in [2.24, 2.45) is 0 Å². The van der Waals surface area contributed by atoms with Gasteiger partial charge in [0.1, 0.15) is 0 Å². The molecule has 0 fully saturated rings. The number of methoxy groups -OCH3 is 1. The Balaban J connectivity index is 2.15. The summed E-state index contributed by atoms with van der Waals surface area (Å²) in [4.78, 5) is 12.3. The van der Waals surface area contributed by atoms with Crippen molar-refractivity contribution in [1.82, 2.24) is 0 Å². The molecular formula is C16H16ClNO2. The Labute approximate surface area is 123 Å². The normalized spacial score (nSPS) is 11.9. The number of hydrogen-bond acceptors (Lipinski definition) is 2. The number of aryl methyl sites for hydroxylation is 1. The summed E-state index contributed by atoms with van der Waals surface area (Å²) in [7, 11) is 1.51. The number of rotatable bonds is 4. The van der Waals surface area contributed by atoms with Gasteiger partial charge in [0.25, 0.3) is 5.91 Å². The van der Waals surface area contributed by atoms with Gasteiger partial charge in [0.2, 0.25) is 0 Å². The Morgan fingerprint density at radius 2 is 1.90 bits per heavy atom. The first kappa shape index (κ1) is 14.6. The zero-order valence-corrected chi connectivity index (χ0v) is 12.1. The second kappa shape index (κ2) is 6.55. The van der Waals surface area contributed by atoms with E-state index in [-0.39, 0.29) is 5.91 Å². The zero-order valence-electron chi connectivity index (χ0n) is 11.4. The van der Waals surface area contributed by atoms with E-state index in [1.807, 2.05) is 49.4 Å². The summed E-state index contributed by atoms with van der Waals surface area (Å²) in [5.74, 6) is -0.224. The van der Waals surface area contributed by atoms with E-state index < -0.39 is 6.10 Å². The quantitative estimate of drug-likeness (QED) is 0.925. The van der Waals surface area contributed by atoms with Gasteiger partial charge in [0.15, 0.2) is 6.10 Å². The van der Waals surface area contributed by atoms with Gasteiger partial charge in [0.05, 0.1) is 0 Å². The summed E-state index contributed by atoms with van der Waals surface area (Å²) >= 11 is 6.05. The van der Waals surface area contributed by atoms with Gasteiger partial charge in [-0.05, 0) is 30.2 Å². The van der Waals surface area contributed by atoms with Crippen molar-refractivity contribution in [1.29, 1.82) is 0 Å². The summed E-state index contributed by atoms with van der Waals surface area (Å²) in [5, 5.41) is 3.43. The van der Waals surface area contributed by atoms with Crippen LogP contribution in [0.4, 0.5) is 5.69 Å². The number of benzene rings is 2. The van der Waals surface area contributed by atoms with Crippen molar-refractivity contribution in [2.45, 2.75) is 13.0 Å². The molecule has 0 aliphatic rings. The van der Waals surface area contributed by atoms with E-state index in [2.05, 4.69) is 5.32 Å². The monoisotopic (exact) mass is 289 g/mol. The molecule has 0 saturated heterocycles. The van der Waals surface area contributed by atoms with Crippen LogP contribution < -0.4 is 5.32 Å². The maximum atomic E-state index is 12.3. The highest BCUT2D eigenvalue weighted by molar-refractivity contribution is 6.31. The van der Waals surface area contributed by atoms with Crippen LogP contribution >= 0.6 is 11.6 Å². The molecule has 1 amide bonds. The molecule has 2 aromatic carbocycles. The number of carbonyl (C=O) groups is 1. The van der Waals surface area contributed by atoms with Crippen LogP contribution in [0, 0.1) is 6.92 Å². The maximum absolute atomic E-state index is 12.3. The summed E-state index contributed by atoms with van der Waals surface area (Å²) in [6.07, 6.45) is -0.642. The van der Waals surface area contributed by atoms with Gasteiger partial charge < -0.3 is 10.1 Å². The van der Waals surface area contributed by atoms with Gasteiger partial charge >= 0.3 is 0 Å². The third kappa shape index (κ3) is 3.38. The molecule has 2 aromatic rings. The number of hydrogen-bond donors (Lipinski definition) is 1. The third-order valence-corrected chi connectivity index (χ3v) is 3.42. The molecule has 1 atom stereocenters. The lowest BCUT2D eigenvalue weighted by Gasteiger charge is -2.16. The first-order valence-electron chi connectivity index (χ1n) is 6.26. The largest absolute Gasteiger partial charge is 0.367 e. The van der Waals surface area contributed by atoms with Crippen LogP contribution in [0.2, 0.25) is 5.02 Å². The van der Waals surface area contributed by atoms with Gasteiger partial charge in [-0.3, -0.25) is 4.79 Å². The first-order valence-corrected chi connectivity index (χ1v) is 6.64. The number of ether oxygens (including phenoxy) is 1. The van der Waals surface area contributed by atoms with Crippen molar-refractivity contribution in [3.8, 4) is 0 Å². The van der Waals surface area contributed by atoms with Gasteiger partial charge in [0, 0.05) is 17.8 Å². The molecule has 0 heterocycles. The number of anilines is 1. The van der Waals surface area contributed by atoms with Crippen LogP contribution in [0.1, 0.15) is 17.2 Å². The summed E-state index contributed by atoms with van der Waals surface area (Å²) in [6, 6.07) is 14.8. The van der Waals surface area contributed by atoms with E-state index in [9.17, 15) is 4.79 Å². The van der Waals surface area contributed by atoms with E-state index in [0.717, 1.165) is 11.1 Å². The highest BCUT2D eigenvalue weighted by Crippen LogP contribution is 2.22. The maximum Gasteiger partial charge on any atom is 0.258 e. The molecule has 4 heteroatoms. The Morgan fingerprint density at radius 1 is 1.20 bits per heavy atom. The van der Waals surface area contributed by atoms with Gasteiger partial charge in [-0.2, -0.15) is 0 Å². The molecule has 20 heavy (non-hydrogen) atoms. The average Bonchev–Trinajstić information content (AvgIpc) is 2.45. The fraction of sp³-hybridized carbons (Fsp3) is 0.188. The average molecular weight is 290 g/mol. The highest BCUT2D eigenvalue weighted by Gasteiger charge is 2.19. The molecular weight excluding hydrogens is 274 g/mol. The SMILES string of the molecule is CO[C@H](C(=O)Nc1ccc(C)c(Cl)c1)c1ccccc1. The Kier molecular flexibility index (Phi) is 4.77. The lowest BCUT2D eigenvalue weighted by molar-refractivity contribution is -0.126. The third-order valence-electron chi connectivity index (χ3n) is 3.02. The van der Waals surface area contributed by atoms with E-state index in [1.165, 1.54) is 7.11 Å². The molecule has 104 valence electrons. The predicted octanol–water partition coefficient (Wildman–Crippen LogP) is 3.97. The molecule has 2 rings (SSSR count). The number of nitrogens with one attached hydrogen (secondary N) is 1. The minimum absolute atomic E-state index is 0.224. The Morgan fingerprint density at radius 3 is 2.50 bits per heavy atom. The van der Waals surface area contributed by atoms with E-state index >= 15 is 0 Å². The molecule has 3 nitrogen and oxygen atoms in total. The molecule has 0 unspecified atom stereocenters. The molecule has 0 saturated carbocycles. The van der Waals surface area contributed by atoms with Crippen molar-refractivity contribution >= 4 is 23.2 Å². The van der Waals surface area contributed by atoms with Crippen LogP contribution in [0.15, 0.2) is 48.5 Å². The van der Waals surface area contributed by atoms with Crippen molar-refractivity contribution in [3.05, 3.63) is 64.7 Å². The van der Waals surface area contributed by atoms with Gasteiger partial charge in [-0.1, -0.05) is 48.0 Å². The molecule has 1 N–H and O–H groups in total. The lowest BCUT2D eigenvalue weighted by Crippen LogP contribution is -2.22. The fourth-order valence-electron chi connectivity index (χ4n) is 1.90. The summed E-state index contributed by atoms with van der Waals surface area (Å²) in [6.45, 7) is 1.91. The zero-order chi connectivity index (χ0) is 14.5. The molecule has 0 spiro atoms. The van der Waals surface area contributed by atoms with Crippen LogP contribution in [0.3, 0.4) is 0 Å². The first-order chi connectivity index (χ1) is 9.61. The van der Waals surface area contributed by atoms with E-state index in [1.54, 1.807) is 6.07 Å². The van der Waals surface area contributed by atoms with Crippen LogP contribution in [-0.2, 0) is 9.53 Å². The van der Waals surface area contributed by atoms with E-state index in [4.69, 9.17) is 16.3 Å². The second-order valence-electron chi connectivity index (χ2n) is 4.48. The predicted molar refractivity (Wildman–Crippen MR) is 81.0 cm³/mol. The minimum Gasteiger partial charge on any atom is -0.367 e. The van der Waals surface area contributed by atoms with Crippen LogP contribution in [0.25, 0.3) is 0 Å². The second-order valence-corrected chi connectivity index (χ2v) is 4.89. The summed E-state index contributed by atoms with van der Waals surface area (Å²) < 4.78 is 5.28. The fourth-order valence-corrected chi connectivity index (χ4v) is 2.08. The van der Waals surface area contributed by atoms with Crippen LogP contribution in [-0.4, -0.2) is 13.0 Å². The number of halogens is 1. The van der Waals surface area contributed by atoms with E-state index in [0.29, 0.717) is 10.7 Å². The minimum atomic E-state index is -0.642. The van der Waals surface area contributed by atoms with Crippen molar-refractivity contribution in [2.75, 3.05) is 12.4 Å². The topological polar surface area (TPSA) is 38.3 Å².